The molecule has 2 aromatic carbocycles. The molecule has 1 atom stereocenters. The molecule has 34 heavy (non-hydrogen) atoms. The Labute approximate surface area is 199 Å². The fraction of sp³-hybridized carbons (Fsp3) is 0.200. The van der Waals surface area contributed by atoms with E-state index in [0.29, 0.717) is 22.6 Å². The van der Waals surface area contributed by atoms with Crippen molar-refractivity contribution < 1.29 is 17.6 Å². The van der Waals surface area contributed by atoms with Gasteiger partial charge in [-0.05, 0) is 41.5 Å². The van der Waals surface area contributed by atoms with Crippen molar-refractivity contribution in [3.8, 4) is 0 Å². The van der Waals surface area contributed by atoms with Crippen LogP contribution >= 0.6 is 11.6 Å². The number of hydrogen-bond donors (Lipinski definition) is 1. The summed E-state index contributed by atoms with van der Waals surface area (Å²) in [5, 5.41) is 3.73. The molecule has 0 radical (unpaired) electrons. The van der Waals surface area contributed by atoms with Gasteiger partial charge in [0.2, 0.25) is 0 Å². The lowest BCUT2D eigenvalue weighted by Crippen LogP contribution is -2.46. The molecule has 1 N–H and O–H groups in total. The van der Waals surface area contributed by atoms with Crippen molar-refractivity contribution in [3.05, 3.63) is 118 Å². The summed E-state index contributed by atoms with van der Waals surface area (Å²) in [6.45, 7) is 0.193. The van der Waals surface area contributed by atoms with Crippen LogP contribution in [0.2, 0.25) is 5.02 Å². The van der Waals surface area contributed by atoms with Gasteiger partial charge in [-0.3, -0.25) is 10.3 Å². The van der Waals surface area contributed by atoms with Crippen molar-refractivity contribution >= 4 is 11.6 Å². The molecule has 0 aliphatic heterocycles. The molecule has 4 rings (SSSR count). The Morgan fingerprint density at radius 2 is 1.71 bits per heavy atom. The molecule has 9 heteroatoms. The summed E-state index contributed by atoms with van der Waals surface area (Å²) < 4.78 is 57.3. The predicted octanol–water partition coefficient (Wildman–Crippen LogP) is 5.90. The summed E-state index contributed by atoms with van der Waals surface area (Å²) in [4.78, 5) is 8.75. The van der Waals surface area contributed by atoms with Crippen molar-refractivity contribution in [1.82, 2.24) is 19.9 Å². The predicted molar refractivity (Wildman–Crippen MR) is 122 cm³/mol. The third-order valence-corrected chi connectivity index (χ3v) is 5.89. The van der Waals surface area contributed by atoms with Crippen molar-refractivity contribution in [2.75, 3.05) is 0 Å². The first kappa shape index (κ1) is 23.9. The highest BCUT2D eigenvalue weighted by Crippen LogP contribution is 2.38. The molecular weight excluding hydrogens is 468 g/mol. The summed E-state index contributed by atoms with van der Waals surface area (Å²) in [6.07, 6.45) is 0.292. The van der Waals surface area contributed by atoms with E-state index in [-0.39, 0.29) is 18.5 Å². The van der Waals surface area contributed by atoms with Crippen LogP contribution in [0.4, 0.5) is 17.6 Å². The highest BCUT2D eigenvalue weighted by Gasteiger charge is 2.39. The molecule has 0 saturated heterocycles. The number of aryl methyl sites for hydroxylation is 1. The second-order valence-electron chi connectivity index (χ2n) is 7.96. The molecule has 176 valence electrons. The monoisotopic (exact) mass is 488 g/mol. The van der Waals surface area contributed by atoms with E-state index in [2.05, 4.69) is 15.3 Å². The highest BCUT2D eigenvalue weighted by molar-refractivity contribution is 6.30. The molecule has 2 aromatic heterocycles. The number of pyridine rings is 1. The minimum Gasteiger partial charge on any atom is -0.337 e. The number of halogens is 5. The lowest BCUT2D eigenvalue weighted by molar-refractivity contribution is -0.137. The van der Waals surface area contributed by atoms with E-state index < -0.39 is 23.1 Å². The van der Waals surface area contributed by atoms with Crippen LogP contribution < -0.4 is 5.32 Å². The Morgan fingerprint density at radius 3 is 2.32 bits per heavy atom. The number of nitrogens with zero attached hydrogens (tertiary/aromatic N) is 3. The molecule has 0 aliphatic carbocycles. The molecule has 0 aliphatic rings. The zero-order valence-corrected chi connectivity index (χ0v) is 18.9. The van der Waals surface area contributed by atoms with E-state index in [0.717, 1.165) is 17.7 Å². The molecule has 1 unspecified atom stereocenters. The van der Waals surface area contributed by atoms with Crippen molar-refractivity contribution in [1.29, 1.82) is 0 Å². The van der Waals surface area contributed by atoms with Crippen molar-refractivity contribution in [2.45, 2.75) is 24.7 Å². The fourth-order valence-electron chi connectivity index (χ4n) is 3.92. The Balaban J connectivity index is 1.94. The van der Waals surface area contributed by atoms with Gasteiger partial charge in [0.05, 0.1) is 28.4 Å². The summed E-state index contributed by atoms with van der Waals surface area (Å²) in [6, 6.07) is 15.0. The summed E-state index contributed by atoms with van der Waals surface area (Å²) in [5.41, 5.74) is -1.08. The second kappa shape index (κ2) is 9.56. The smallest absolute Gasteiger partial charge is 0.337 e. The third kappa shape index (κ3) is 5.13. The molecule has 0 bridgehead atoms. The van der Waals surface area contributed by atoms with E-state index in [4.69, 9.17) is 11.6 Å². The van der Waals surface area contributed by atoms with Gasteiger partial charge in [-0.15, -0.1) is 0 Å². The maximum Gasteiger partial charge on any atom is 0.416 e. The molecule has 0 saturated carbocycles. The second-order valence-corrected chi connectivity index (χ2v) is 8.40. The van der Waals surface area contributed by atoms with Gasteiger partial charge in [-0.25, -0.2) is 9.37 Å². The van der Waals surface area contributed by atoms with Crippen LogP contribution in [0.25, 0.3) is 0 Å². The van der Waals surface area contributed by atoms with E-state index >= 15 is 0 Å². The van der Waals surface area contributed by atoms with Crippen LogP contribution in [0.15, 0.2) is 79.3 Å². The van der Waals surface area contributed by atoms with Gasteiger partial charge in [0, 0.05) is 32.1 Å². The average molecular weight is 489 g/mol. The van der Waals surface area contributed by atoms with Crippen LogP contribution in [0, 0.1) is 5.82 Å². The van der Waals surface area contributed by atoms with Gasteiger partial charge in [-0.1, -0.05) is 41.9 Å². The molecule has 0 amide bonds. The Bertz CT molecular complexity index is 1260. The number of alkyl halides is 3. The fourth-order valence-corrected chi connectivity index (χ4v) is 4.03. The summed E-state index contributed by atoms with van der Waals surface area (Å²) in [5.74, 6) is -0.339. The number of benzene rings is 2. The first-order valence-electron chi connectivity index (χ1n) is 10.4. The SMILES string of the molecule is Cn1ccnc1CNC(Cc1ccccc1)(c1cc(F)cc(C(F)(F)F)c1)c1ccc(Cl)cn1. The largest absolute Gasteiger partial charge is 0.416 e. The van der Waals surface area contributed by atoms with Crippen LogP contribution in [0.5, 0.6) is 0 Å². The molecule has 4 nitrogen and oxygen atoms in total. The molecule has 4 aromatic rings. The van der Waals surface area contributed by atoms with E-state index in [9.17, 15) is 17.6 Å². The van der Waals surface area contributed by atoms with Gasteiger partial charge in [0.15, 0.2) is 0 Å². The maximum atomic E-state index is 14.6. The number of imidazole rings is 1. The number of hydrogen-bond acceptors (Lipinski definition) is 3. The minimum absolute atomic E-state index is 0.0905. The number of aromatic nitrogens is 3. The first-order chi connectivity index (χ1) is 16.2. The average Bonchev–Trinajstić information content (AvgIpc) is 3.21. The maximum absolute atomic E-state index is 14.6. The van der Waals surface area contributed by atoms with Gasteiger partial charge in [-0.2, -0.15) is 13.2 Å². The Morgan fingerprint density at radius 1 is 0.971 bits per heavy atom. The van der Waals surface area contributed by atoms with E-state index in [1.807, 2.05) is 37.4 Å². The van der Waals surface area contributed by atoms with Crippen LogP contribution in [0.1, 0.15) is 28.2 Å². The Kier molecular flexibility index (Phi) is 6.72. The van der Waals surface area contributed by atoms with Crippen molar-refractivity contribution in [2.24, 2.45) is 7.05 Å². The summed E-state index contributed by atoms with van der Waals surface area (Å²) >= 11 is 6.05. The highest BCUT2D eigenvalue weighted by atomic mass is 35.5. The first-order valence-corrected chi connectivity index (χ1v) is 10.8. The molecule has 0 spiro atoms. The van der Waals surface area contributed by atoms with E-state index in [1.165, 1.54) is 6.20 Å². The molecule has 0 fully saturated rings. The molecular formula is C25H21ClF4N4. The van der Waals surface area contributed by atoms with Gasteiger partial charge in [0.25, 0.3) is 0 Å². The lowest BCUT2D eigenvalue weighted by atomic mass is 9.79. The minimum atomic E-state index is -4.72. The third-order valence-electron chi connectivity index (χ3n) is 5.66. The normalized spacial score (nSPS) is 13.6. The van der Waals surface area contributed by atoms with Crippen LogP contribution in [-0.4, -0.2) is 14.5 Å². The standard InChI is InChI=1S/C25H21ClF4N4/c1-34-10-9-31-23(34)16-33-24(14-17-5-3-2-4-6-17,22-8-7-20(26)15-32-22)18-11-19(25(28,29)30)13-21(27)12-18/h2-13,15,33H,14,16H2,1H3. The van der Waals surface area contributed by atoms with Crippen molar-refractivity contribution in [3.63, 3.8) is 0 Å². The van der Waals surface area contributed by atoms with Gasteiger partial charge in [0.1, 0.15) is 11.6 Å². The molecule has 2 heterocycles. The van der Waals surface area contributed by atoms with Crippen LogP contribution in [0.3, 0.4) is 0 Å². The zero-order valence-electron chi connectivity index (χ0n) is 18.2. The number of nitrogens with one attached hydrogen (secondary N) is 1. The summed E-state index contributed by atoms with van der Waals surface area (Å²) in [7, 11) is 1.81. The van der Waals surface area contributed by atoms with Crippen LogP contribution in [-0.2, 0) is 31.7 Å². The topological polar surface area (TPSA) is 42.7 Å². The quantitative estimate of drug-likeness (QED) is 0.329. The van der Waals surface area contributed by atoms with Gasteiger partial charge < -0.3 is 4.57 Å². The Hall–Kier alpha value is -3.23. The number of rotatable bonds is 7. The zero-order chi connectivity index (χ0) is 24.3. The van der Waals surface area contributed by atoms with Gasteiger partial charge >= 0.3 is 6.18 Å². The lowest BCUT2D eigenvalue weighted by Gasteiger charge is -2.36. The van der Waals surface area contributed by atoms with E-state index in [1.54, 1.807) is 29.1 Å².